The number of non-ortho nitro benzene ring substituents is 1. The summed E-state index contributed by atoms with van der Waals surface area (Å²) in [5.41, 5.74) is 0.182. The van der Waals surface area contributed by atoms with Gasteiger partial charge < -0.3 is 5.32 Å². The lowest BCUT2D eigenvalue weighted by molar-refractivity contribution is -0.384. The number of nitro groups is 1. The molecule has 0 aliphatic carbocycles. The van der Waals surface area contributed by atoms with Gasteiger partial charge in [-0.2, -0.15) is 0 Å². The molecule has 0 saturated heterocycles. The van der Waals surface area contributed by atoms with E-state index in [9.17, 15) is 18.5 Å². The second kappa shape index (κ2) is 6.29. The molecule has 0 fully saturated rings. The van der Waals surface area contributed by atoms with Crippen molar-refractivity contribution in [1.29, 1.82) is 0 Å². The molecule has 0 aromatic heterocycles. The highest BCUT2D eigenvalue weighted by Crippen LogP contribution is 2.13. The van der Waals surface area contributed by atoms with Crippen molar-refractivity contribution >= 4 is 15.7 Å². The Labute approximate surface area is 118 Å². The summed E-state index contributed by atoms with van der Waals surface area (Å²) in [7, 11) is -3.27. The van der Waals surface area contributed by atoms with E-state index in [-0.39, 0.29) is 5.69 Å². The van der Waals surface area contributed by atoms with Crippen molar-refractivity contribution in [2.75, 3.05) is 12.8 Å². The van der Waals surface area contributed by atoms with Crippen molar-refractivity contribution in [2.45, 2.75) is 25.9 Å². The molecule has 8 heteroatoms. The van der Waals surface area contributed by atoms with Crippen LogP contribution in [0, 0.1) is 10.1 Å². The van der Waals surface area contributed by atoms with Crippen molar-refractivity contribution in [3.8, 4) is 0 Å². The van der Waals surface area contributed by atoms with Crippen LogP contribution in [0.1, 0.15) is 19.4 Å². The summed E-state index contributed by atoms with van der Waals surface area (Å²) in [6.07, 6.45) is 1.11. The highest BCUT2D eigenvalue weighted by atomic mass is 32.2. The largest absolute Gasteiger partial charge is 0.311 e. The maximum atomic E-state index is 11.2. The van der Waals surface area contributed by atoms with Crippen molar-refractivity contribution in [3.05, 3.63) is 39.9 Å². The van der Waals surface area contributed by atoms with E-state index in [1.807, 2.05) is 0 Å². The highest BCUT2D eigenvalue weighted by molar-refractivity contribution is 7.88. The van der Waals surface area contributed by atoms with Crippen LogP contribution in [0.4, 0.5) is 5.69 Å². The summed E-state index contributed by atoms with van der Waals surface area (Å²) in [6.45, 7) is 4.35. The van der Waals surface area contributed by atoms with Crippen molar-refractivity contribution in [3.63, 3.8) is 0 Å². The zero-order chi connectivity index (χ0) is 15.4. The Morgan fingerprint density at radius 3 is 2.55 bits per heavy atom. The summed E-state index contributed by atoms with van der Waals surface area (Å²) in [5, 5.41) is 13.7. The molecule has 0 heterocycles. The minimum Gasteiger partial charge on any atom is -0.311 e. The second-order valence-electron chi connectivity index (χ2n) is 5.29. The highest BCUT2D eigenvalue weighted by Gasteiger charge is 2.21. The zero-order valence-electron chi connectivity index (χ0n) is 11.7. The molecule has 0 amide bonds. The Bertz CT molecular complexity index is 584. The van der Waals surface area contributed by atoms with E-state index in [1.54, 1.807) is 26.0 Å². The van der Waals surface area contributed by atoms with Crippen molar-refractivity contribution in [2.24, 2.45) is 0 Å². The molecule has 1 aromatic carbocycles. The summed E-state index contributed by atoms with van der Waals surface area (Å²) >= 11 is 0. The van der Waals surface area contributed by atoms with E-state index in [4.69, 9.17) is 0 Å². The van der Waals surface area contributed by atoms with Gasteiger partial charge in [0.05, 0.1) is 11.2 Å². The van der Waals surface area contributed by atoms with Crippen LogP contribution in [0.5, 0.6) is 0 Å². The van der Waals surface area contributed by atoms with Gasteiger partial charge in [-0.15, -0.1) is 0 Å². The number of benzene rings is 1. The van der Waals surface area contributed by atoms with Gasteiger partial charge in [0.1, 0.15) is 0 Å². The lowest BCUT2D eigenvalue weighted by Gasteiger charge is -2.25. The van der Waals surface area contributed by atoms with Crippen LogP contribution in [0.15, 0.2) is 24.3 Å². The summed E-state index contributed by atoms with van der Waals surface area (Å²) < 4.78 is 24.9. The first kappa shape index (κ1) is 16.5. The van der Waals surface area contributed by atoms with Gasteiger partial charge in [-0.1, -0.05) is 12.1 Å². The summed E-state index contributed by atoms with van der Waals surface area (Å²) in [4.78, 5) is 10.2. The van der Waals surface area contributed by atoms with E-state index in [2.05, 4.69) is 10.0 Å². The number of sulfonamides is 1. The van der Waals surface area contributed by atoms with Crippen LogP contribution in [0.2, 0.25) is 0 Å². The van der Waals surface area contributed by atoms with Gasteiger partial charge in [-0.3, -0.25) is 10.1 Å². The number of hydrogen-bond acceptors (Lipinski definition) is 5. The summed E-state index contributed by atoms with van der Waals surface area (Å²) in [6, 6.07) is 6.31. The Balaban J connectivity index is 2.56. The monoisotopic (exact) mass is 301 g/mol. The molecule has 7 nitrogen and oxygen atoms in total. The van der Waals surface area contributed by atoms with Crippen molar-refractivity contribution < 1.29 is 13.3 Å². The maximum Gasteiger partial charge on any atom is 0.269 e. The number of rotatable bonds is 7. The first-order chi connectivity index (χ1) is 9.09. The average molecular weight is 301 g/mol. The zero-order valence-corrected chi connectivity index (χ0v) is 12.5. The SMILES string of the molecule is CC(C)(CNCc1cccc([N+](=O)[O-])c1)NS(C)(=O)=O. The maximum absolute atomic E-state index is 11.2. The van der Waals surface area contributed by atoms with Crippen LogP contribution in [0.25, 0.3) is 0 Å². The lowest BCUT2D eigenvalue weighted by atomic mass is 10.1. The van der Waals surface area contributed by atoms with Gasteiger partial charge in [0.25, 0.3) is 5.69 Å². The van der Waals surface area contributed by atoms with Gasteiger partial charge >= 0.3 is 0 Å². The number of nitrogens with zero attached hydrogens (tertiary/aromatic N) is 1. The number of nitrogens with one attached hydrogen (secondary N) is 2. The first-order valence-corrected chi connectivity index (χ1v) is 7.91. The van der Waals surface area contributed by atoms with Crippen LogP contribution in [-0.4, -0.2) is 31.7 Å². The number of hydrogen-bond donors (Lipinski definition) is 2. The van der Waals surface area contributed by atoms with Gasteiger partial charge in [-0.05, 0) is 19.4 Å². The fourth-order valence-electron chi connectivity index (χ4n) is 1.84. The molecule has 1 rings (SSSR count). The van der Waals surface area contributed by atoms with Crippen LogP contribution < -0.4 is 10.0 Å². The van der Waals surface area contributed by atoms with Gasteiger partial charge in [0.2, 0.25) is 10.0 Å². The van der Waals surface area contributed by atoms with Crippen LogP contribution in [0.3, 0.4) is 0 Å². The van der Waals surface area contributed by atoms with Crippen LogP contribution >= 0.6 is 0 Å². The molecule has 0 atom stereocenters. The Morgan fingerprint density at radius 1 is 1.35 bits per heavy atom. The fourth-order valence-corrected chi connectivity index (χ4v) is 2.91. The molecule has 0 aliphatic heterocycles. The standard InChI is InChI=1S/C12H19N3O4S/c1-12(2,14-20(3,18)19)9-13-8-10-5-4-6-11(7-10)15(16)17/h4-7,13-14H,8-9H2,1-3H3. The molecule has 20 heavy (non-hydrogen) atoms. The molecule has 0 unspecified atom stereocenters. The van der Waals surface area contributed by atoms with E-state index in [0.717, 1.165) is 11.8 Å². The predicted octanol–water partition coefficient (Wildman–Crippen LogP) is 1.01. The Hall–Kier alpha value is -1.51. The van der Waals surface area contributed by atoms with E-state index in [0.29, 0.717) is 13.1 Å². The third-order valence-corrected chi connectivity index (χ3v) is 3.40. The lowest BCUT2D eigenvalue weighted by Crippen LogP contribution is -2.49. The second-order valence-corrected chi connectivity index (χ2v) is 7.04. The normalized spacial score (nSPS) is 12.3. The minimum absolute atomic E-state index is 0.0396. The van der Waals surface area contributed by atoms with E-state index >= 15 is 0 Å². The fraction of sp³-hybridized carbons (Fsp3) is 0.500. The summed E-state index contributed by atoms with van der Waals surface area (Å²) in [5.74, 6) is 0. The molecule has 2 N–H and O–H groups in total. The van der Waals surface area contributed by atoms with Gasteiger partial charge in [0, 0.05) is 30.8 Å². The molecule has 0 radical (unpaired) electrons. The molecule has 0 saturated carbocycles. The quantitative estimate of drug-likeness (QED) is 0.578. The third kappa shape index (κ3) is 6.09. The molecular formula is C12H19N3O4S. The van der Waals surface area contributed by atoms with Gasteiger partial charge in [-0.25, -0.2) is 13.1 Å². The molecule has 1 aromatic rings. The Kier molecular flexibility index (Phi) is 5.21. The van der Waals surface area contributed by atoms with Crippen molar-refractivity contribution in [1.82, 2.24) is 10.0 Å². The Morgan fingerprint density at radius 2 is 2.00 bits per heavy atom. The first-order valence-electron chi connectivity index (χ1n) is 6.02. The molecular weight excluding hydrogens is 282 g/mol. The smallest absolute Gasteiger partial charge is 0.269 e. The topological polar surface area (TPSA) is 101 Å². The molecule has 0 bridgehead atoms. The van der Waals surface area contributed by atoms with Crippen LogP contribution in [-0.2, 0) is 16.6 Å². The van der Waals surface area contributed by atoms with E-state index < -0.39 is 20.5 Å². The third-order valence-electron chi connectivity index (χ3n) is 2.48. The van der Waals surface area contributed by atoms with E-state index in [1.165, 1.54) is 12.1 Å². The number of nitro benzene ring substituents is 1. The molecule has 112 valence electrons. The predicted molar refractivity (Wildman–Crippen MR) is 76.9 cm³/mol. The molecule has 0 aliphatic rings. The minimum atomic E-state index is -3.27. The molecule has 0 spiro atoms. The average Bonchev–Trinajstić information content (AvgIpc) is 2.25. The van der Waals surface area contributed by atoms with Gasteiger partial charge in [0.15, 0.2) is 0 Å².